The first-order chi connectivity index (χ1) is 31.0. The summed E-state index contributed by atoms with van der Waals surface area (Å²) < 4.78 is 166. The Morgan fingerprint density at radius 2 is 1.15 bits per heavy atom. The summed E-state index contributed by atoms with van der Waals surface area (Å²) in [7, 11) is -25.4. The lowest BCUT2D eigenvalue weighted by atomic mass is 9.95. The van der Waals surface area contributed by atoms with E-state index in [1.165, 1.54) is 24.3 Å². The summed E-state index contributed by atoms with van der Waals surface area (Å²) in [5.74, 6) is -7.41. The van der Waals surface area contributed by atoms with E-state index in [9.17, 15) is 89.7 Å². The van der Waals surface area contributed by atoms with Crippen LogP contribution in [0.5, 0.6) is 0 Å². The lowest BCUT2D eigenvalue weighted by Crippen LogP contribution is -2.33. The van der Waals surface area contributed by atoms with Gasteiger partial charge in [-0.25, -0.2) is 13.4 Å². The van der Waals surface area contributed by atoms with Crippen LogP contribution in [-0.2, 0) is 55.1 Å². The van der Waals surface area contributed by atoms with Gasteiger partial charge in [-0.3, -0.25) is 37.4 Å². The molecule has 2 aliphatic rings. The summed E-state index contributed by atoms with van der Waals surface area (Å²) in [6.07, 6.45) is -0.973. The topological polar surface area (TPSA) is 385 Å². The molecule has 27 heteroatoms. The smallest absolute Gasteiger partial charge is 0.314 e. The monoisotopic (exact) mass is 1020 g/mol. The fraction of sp³-hybridized carbons (Fsp3) is 0.0750. The van der Waals surface area contributed by atoms with Crippen LogP contribution < -0.4 is 21.5 Å². The molecule has 1 aliphatic carbocycles. The summed E-state index contributed by atoms with van der Waals surface area (Å²) in [6, 6.07) is 15.1. The second kappa shape index (κ2) is 16.8. The number of aliphatic hydroxyl groups excluding tert-OH is 1. The number of carboxylic acids is 1. The van der Waals surface area contributed by atoms with Gasteiger partial charge in [-0.15, -0.1) is 0 Å². The molecular weight excluding hydrogens is 989 g/mol. The number of aliphatic carboxylic acids is 1. The minimum Gasteiger partial charge on any atom is -0.506 e. The summed E-state index contributed by atoms with van der Waals surface area (Å²) in [4.78, 5) is 52.9. The molecule has 0 saturated heterocycles. The van der Waals surface area contributed by atoms with Gasteiger partial charge in [0.2, 0.25) is 0 Å². The maximum Gasteiger partial charge on any atom is 0.314 e. The highest BCUT2D eigenvalue weighted by atomic mass is 32.2. The predicted octanol–water partition coefficient (Wildman–Crippen LogP) is 2.18. The number of Topliss-reactive ketones (excluding diaryl/α,β-unsaturated/α-hetero) is 1. The van der Waals surface area contributed by atoms with Gasteiger partial charge in [-0.2, -0.15) is 33.7 Å². The molecule has 0 aromatic heterocycles. The van der Waals surface area contributed by atoms with E-state index >= 15 is 0 Å². The number of hydrogen-bond donors (Lipinski definition) is 7. The molecular formula is C40H28N2O20S5. The van der Waals surface area contributed by atoms with Gasteiger partial charge in [-0.1, -0.05) is 48.5 Å². The molecule has 1 unspecified atom stereocenters. The Morgan fingerprint density at radius 1 is 0.582 bits per heavy atom. The third-order valence-electron chi connectivity index (χ3n) is 10.3. The molecule has 5 aromatic rings. The summed E-state index contributed by atoms with van der Waals surface area (Å²) >= 11 is 0. The SMILES string of the molecule is O=C(O)C(CCS(=O)(=O)c1ccc(S(=O)(=O)O)c(Nc2cc(S(=O)(=O)O)c3nc(=O)c(=C(O)c4cccc(S(=O)(=O)O)c4)c4c5ccccc5c(=O)c2c3=4)c1)C(=O)c1cccc(S(=O)(=O)O)c1. The predicted molar refractivity (Wildman–Crippen MR) is 233 cm³/mol. The fourth-order valence-electron chi connectivity index (χ4n) is 7.33. The molecule has 348 valence electrons. The highest BCUT2D eigenvalue weighted by Crippen LogP contribution is 2.35. The standard InChI is InChI=1S/C40H28N2O20S5/c43-36(19-5-3-7-22(15-19)64(51,52)53)26(40(47)48)13-14-63(49,50)21-11-12-29(66(57,58)59)27(17-21)41-28-18-30(67(60,61)62)35-33-31(24-9-1-2-10-25(24)38(45)32(28)33)34(39(46)42-35)37(44)20-6-4-8-23(16-20)65(54,55)56/h1-12,15-18,26,41,44H,13-14H2,(H,47,48)(H,51,52,53)(H,54,55,56)(H,57,58,59)(H,60,61,62). The Hall–Kier alpha value is -6.82. The van der Waals surface area contributed by atoms with Gasteiger partial charge in [0.1, 0.15) is 21.5 Å². The minimum atomic E-state index is -5.51. The second-order valence-corrected chi connectivity index (χ2v) is 22.2. The number of sulfone groups is 1. The van der Waals surface area contributed by atoms with E-state index in [1.807, 2.05) is 0 Å². The number of carboxylic acid groups (broad SMARTS) is 1. The lowest BCUT2D eigenvalue weighted by molar-refractivity contribution is -0.140. The van der Waals surface area contributed by atoms with Crippen LogP contribution in [0.25, 0.3) is 27.4 Å². The zero-order valence-electron chi connectivity index (χ0n) is 33.1. The van der Waals surface area contributed by atoms with Gasteiger partial charge in [0, 0.05) is 27.0 Å². The van der Waals surface area contributed by atoms with Crippen molar-refractivity contribution in [3.05, 3.63) is 144 Å². The number of carbonyl (C=O) groups excluding carboxylic acids is 1. The first-order valence-electron chi connectivity index (χ1n) is 18.4. The van der Waals surface area contributed by atoms with Crippen molar-refractivity contribution < 1.29 is 80.1 Å². The molecule has 0 spiro atoms. The van der Waals surface area contributed by atoms with Gasteiger partial charge in [0.05, 0.1) is 47.9 Å². The van der Waals surface area contributed by atoms with Crippen LogP contribution in [0.15, 0.2) is 131 Å². The summed E-state index contributed by atoms with van der Waals surface area (Å²) in [5, 5.41) is 21.1. The number of nitrogens with one attached hydrogen (secondary N) is 1. The van der Waals surface area contributed by atoms with Crippen LogP contribution in [0.4, 0.5) is 11.4 Å². The van der Waals surface area contributed by atoms with Gasteiger partial charge < -0.3 is 15.5 Å². The minimum absolute atomic E-state index is 0.147. The van der Waals surface area contributed by atoms with E-state index in [-0.39, 0.29) is 10.8 Å². The van der Waals surface area contributed by atoms with Crippen molar-refractivity contribution in [2.45, 2.75) is 30.9 Å². The number of anilines is 2. The van der Waals surface area contributed by atoms with E-state index in [2.05, 4.69) is 10.3 Å². The highest BCUT2D eigenvalue weighted by Gasteiger charge is 2.32. The van der Waals surface area contributed by atoms with Gasteiger partial charge >= 0.3 is 5.97 Å². The molecule has 1 atom stereocenters. The molecule has 0 fully saturated rings. The maximum absolute atomic E-state index is 14.5. The van der Waals surface area contributed by atoms with Crippen molar-refractivity contribution in [3.63, 3.8) is 0 Å². The van der Waals surface area contributed by atoms with Crippen LogP contribution in [0.1, 0.15) is 22.3 Å². The normalized spacial score (nSPS) is 13.7. The van der Waals surface area contributed by atoms with E-state index in [4.69, 9.17) is 0 Å². The Morgan fingerprint density at radius 3 is 1.72 bits per heavy atom. The van der Waals surface area contributed by atoms with Crippen molar-refractivity contribution in [1.82, 2.24) is 4.98 Å². The zero-order chi connectivity index (χ0) is 49.3. The Kier molecular flexibility index (Phi) is 12.1. The number of carbonyl (C=O) groups is 2. The van der Waals surface area contributed by atoms with Crippen LogP contribution >= 0.6 is 0 Å². The Labute approximate surface area is 376 Å². The molecule has 67 heavy (non-hydrogen) atoms. The van der Waals surface area contributed by atoms with Gasteiger partial charge in [-0.05, 0) is 60.3 Å². The number of ketones is 1. The van der Waals surface area contributed by atoms with E-state index in [0.29, 0.717) is 30.3 Å². The molecule has 1 heterocycles. The van der Waals surface area contributed by atoms with Gasteiger partial charge in [0.25, 0.3) is 46.0 Å². The number of rotatable bonds is 14. The Bertz CT molecular complexity index is 4150. The fourth-order valence-corrected chi connectivity index (χ4v) is 11.0. The number of aliphatic hydroxyl groups is 1. The van der Waals surface area contributed by atoms with E-state index in [1.54, 1.807) is 0 Å². The number of fused-ring (bicyclic) bond motifs is 2. The van der Waals surface area contributed by atoms with Crippen molar-refractivity contribution in [2.24, 2.45) is 5.92 Å². The summed E-state index contributed by atoms with van der Waals surface area (Å²) in [6.45, 7) is 0. The van der Waals surface area contributed by atoms with E-state index in [0.717, 1.165) is 42.5 Å². The lowest BCUT2D eigenvalue weighted by Gasteiger charge is -2.17. The number of benzene rings is 5. The largest absolute Gasteiger partial charge is 0.506 e. The first-order valence-corrected chi connectivity index (χ1v) is 25.9. The average Bonchev–Trinajstić information content (AvgIpc) is 3.23. The average molecular weight is 1020 g/mol. The van der Waals surface area contributed by atoms with Crippen molar-refractivity contribution in [2.75, 3.05) is 11.1 Å². The van der Waals surface area contributed by atoms with Gasteiger partial charge in [0.15, 0.2) is 21.0 Å². The van der Waals surface area contributed by atoms with E-state index < -0.39 is 170 Å². The van der Waals surface area contributed by atoms with Crippen molar-refractivity contribution in [1.29, 1.82) is 0 Å². The third-order valence-corrected chi connectivity index (χ3v) is 15.6. The van der Waals surface area contributed by atoms with Crippen LogP contribution in [-0.4, -0.2) is 93.0 Å². The molecule has 7 N–H and O–H groups in total. The summed E-state index contributed by atoms with van der Waals surface area (Å²) in [5.41, 5.74) is -5.84. The molecule has 0 saturated carbocycles. The molecule has 0 bridgehead atoms. The van der Waals surface area contributed by atoms with Crippen LogP contribution in [0.3, 0.4) is 0 Å². The highest BCUT2D eigenvalue weighted by molar-refractivity contribution is 7.91. The molecule has 0 radical (unpaired) electrons. The molecule has 7 rings (SSSR count). The zero-order valence-corrected chi connectivity index (χ0v) is 37.2. The molecule has 0 amide bonds. The van der Waals surface area contributed by atoms with Crippen LogP contribution in [0, 0.1) is 16.4 Å². The quantitative estimate of drug-likeness (QED) is 0.0466. The molecule has 1 aliphatic heterocycles. The maximum atomic E-state index is 14.5. The molecule has 22 nitrogen and oxygen atoms in total. The number of hydrogen-bond acceptors (Lipinski definition) is 17. The van der Waals surface area contributed by atoms with Crippen molar-refractivity contribution >= 4 is 101 Å². The van der Waals surface area contributed by atoms with Crippen molar-refractivity contribution in [3.8, 4) is 0 Å². The first kappa shape index (κ1) is 48.1. The molecule has 5 aromatic carbocycles. The third kappa shape index (κ3) is 9.18. The Balaban J connectivity index is 1.47. The van der Waals surface area contributed by atoms with Crippen LogP contribution in [0.2, 0.25) is 0 Å². The number of aromatic nitrogens is 1. The second-order valence-electron chi connectivity index (χ2n) is 14.5. The number of nitrogens with zero attached hydrogens (tertiary/aromatic N) is 1.